The molecule has 3 aliphatic rings. The summed E-state index contributed by atoms with van der Waals surface area (Å²) >= 11 is 0. The number of likely N-dealkylation sites (tertiary alicyclic amines) is 1. The van der Waals surface area contributed by atoms with E-state index < -0.39 is 0 Å². The second-order valence-corrected chi connectivity index (χ2v) is 7.55. The largest absolute Gasteiger partial charge is 0.379 e. The van der Waals surface area contributed by atoms with Crippen molar-refractivity contribution in [2.75, 3.05) is 33.0 Å². The number of hydrogen-bond donors (Lipinski definition) is 0. The number of amides is 2. The van der Waals surface area contributed by atoms with Gasteiger partial charge in [0.2, 0.25) is 11.8 Å². The van der Waals surface area contributed by atoms with Gasteiger partial charge in [0.1, 0.15) is 0 Å². The lowest BCUT2D eigenvalue weighted by molar-refractivity contribution is -0.140. The third-order valence-corrected chi connectivity index (χ3v) is 6.11. The van der Waals surface area contributed by atoms with Crippen molar-refractivity contribution in [3.05, 3.63) is 12.2 Å². The first-order chi connectivity index (χ1) is 12.2. The van der Waals surface area contributed by atoms with Gasteiger partial charge in [0.05, 0.1) is 25.0 Å². The smallest absolute Gasteiger partial charge is 0.233 e. The van der Waals surface area contributed by atoms with Gasteiger partial charge in [0.25, 0.3) is 0 Å². The van der Waals surface area contributed by atoms with Gasteiger partial charge >= 0.3 is 0 Å². The van der Waals surface area contributed by atoms with Crippen LogP contribution in [0.5, 0.6) is 0 Å². The molecule has 4 atom stereocenters. The molecule has 3 rings (SSSR count). The van der Waals surface area contributed by atoms with Crippen molar-refractivity contribution in [3.63, 3.8) is 0 Å². The maximum Gasteiger partial charge on any atom is 0.233 e. The second-order valence-electron chi connectivity index (χ2n) is 7.55. The summed E-state index contributed by atoms with van der Waals surface area (Å²) in [6.45, 7) is 7.39. The van der Waals surface area contributed by atoms with Crippen molar-refractivity contribution in [3.8, 4) is 0 Å². The average molecular weight is 349 g/mol. The van der Waals surface area contributed by atoms with Crippen LogP contribution in [0.25, 0.3) is 0 Å². The zero-order chi connectivity index (χ0) is 17.8. The minimum absolute atomic E-state index is 0.0420. The van der Waals surface area contributed by atoms with Gasteiger partial charge in [0, 0.05) is 19.8 Å². The molecule has 0 aromatic rings. The van der Waals surface area contributed by atoms with Gasteiger partial charge in [-0.1, -0.05) is 38.8 Å². The predicted octanol–water partition coefficient (Wildman–Crippen LogP) is 2.65. The molecule has 1 saturated heterocycles. The Morgan fingerprint density at radius 1 is 1.00 bits per heavy atom. The number of nitrogens with zero attached hydrogens (tertiary/aromatic N) is 1. The summed E-state index contributed by atoms with van der Waals surface area (Å²) in [7, 11) is 0. The number of hydrogen-bond acceptors (Lipinski definition) is 4. The SMILES string of the molecule is CCC(CC)COCCOCCCN1C(=O)C2C(C1=O)[C@H]1C=C[C@@H]2C1. The van der Waals surface area contributed by atoms with Gasteiger partial charge in [-0.3, -0.25) is 14.5 Å². The Balaban J connectivity index is 1.29. The summed E-state index contributed by atoms with van der Waals surface area (Å²) in [5.74, 6) is 1.14. The van der Waals surface area contributed by atoms with Crippen LogP contribution < -0.4 is 0 Å². The van der Waals surface area contributed by atoms with Crippen LogP contribution in [-0.2, 0) is 19.1 Å². The topological polar surface area (TPSA) is 55.8 Å². The molecule has 1 aliphatic heterocycles. The number of allylic oxidation sites excluding steroid dienone is 2. The van der Waals surface area contributed by atoms with E-state index in [0.717, 1.165) is 25.9 Å². The van der Waals surface area contributed by atoms with Crippen LogP contribution in [0.2, 0.25) is 0 Å². The summed E-state index contributed by atoms with van der Waals surface area (Å²) in [5, 5.41) is 0. The molecular weight excluding hydrogens is 318 g/mol. The molecule has 1 heterocycles. The molecule has 5 nitrogen and oxygen atoms in total. The summed E-state index contributed by atoms with van der Waals surface area (Å²) in [4.78, 5) is 26.5. The van der Waals surface area contributed by atoms with Crippen LogP contribution in [0.15, 0.2) is 12.2 Å². The van der Waals surface area contributed by atoms with Crippen LogP contribution in [0, 0.1) is 29.6 Å². The van der Waals surface area contributed by atoms with E-state index in [4.69, 9.17) is 9.47 Å². The number of rotatable bonds is 11. The summed E-state index contributed by atoms with van der Waals surface area (Å²) in [6.07, 6.45) is 8.24. The highest BCUT2D eigenvalue weighted by atomic mass is 16.5. The summed E-state index contributed by atoms with van der Waals surface area (Å²) in [6, 6.07) is 0. The van der Waals surface area contributed by atoms with Crippen LogP contribution >= 0.6 is 0 Å². The summed E-state index contributed by atoms with van der Waals surface area (Å²) in [5.41, 5.74) is 0. The van der Waals surface area contributed by atoms with Crippen molar-refractivity contribution in [2.45, 2.75) is 39.5 Å². The maximum absolute atomic E-state index is 12.5. The Labute approximate surface area is 150 Å². The molecule has 0 radical (unpaired) electrons. The fourth-order valence-electron chi connectivity index (χ4n) is 4.50. The Morgan fingerprint density at radius 3 is 2.20 bits per heavy atom. The molecule has 2 bridgehead atoms. The van der Waals surface area contributed by atoms with Crippen LogP contribution in [0.4, 0.5) is 0 Å². The molecule has 0 N–H and O–H groups in total. The van der Waals surface area contributed by atoms with Crippen molar-refractivity contribution in [2.24, 2.45) is 29.6 Å². The predicted molar refractivity (Wildman–Crippen MR) is 94.8 cm³/mol. The molecule has 0 spiro atoms. The first-order valence-electron chi connectivity index (χ1n) is 9.86. The average Bonchev–Trinajstić information content (AvgIpc) is 3.29. The van der Waals surface area contributed by atoms with Crippen LogP contribution in [0.1, 0.15) is 39.5 Å². The lowest BCUT2D eigenvalue weighted by Crippen LogP contribution is -2.34. The number of imide groups is 1. The quantitative estimate of drug-likeness (QED) is 0.327. The molecule has 2 amide bonds. The van der Waals surface area contributed by atoms with Gasteiger partial charge in [-0.05, 0) is 30.6 Å². The second kappa shape index (κ2) is 8.45. The molecule has 1 saturated carbocycles. The fraction of sp³-hybridized carbons (Fsp3) is 0.800. The van der Waals surface area contributed by atoms with Gasteiger partial charge in [-0.2, -0.15) is 0 Å². The van der Waals surface area contributed by atoms with Crippen molar-refractivity contribution < 1.29 is 19.1 Å². The molecule has 2 fully saturated rings. The number of ether oxygens (including phenoxy) is 2. The van der Waals surface area contributed by atoms with Crippen molar-refractivity contribution in [1.82, 2.24) is 4.90 Å². The van der Waals surface area contributed by atoms with E-state index in [1.54, 1.807) is 0 Å². The highest BCUT2D eigenvalue weighted by molar-refractivity contribution is 6.06. The zero-order valence-corrected chi connectivity index (χ0v) is 15.5. The number of fused-ring (bicyclic) bond motifs is 5. The van der Waals surface area contributed by atoms with E-state index in [1.807, 2.05) is 0 Å². The molecule has 0 aromatic heterocycles. The van der Waals surface area contributed by atoms with E-state index in [9.17, 15) is 9.59 Å². The Kier molecular flexibility index (Phi) is 6.29. The lowest BCUT2D eigenvalue weighted by Gasteiger charge is -2.17. The van der Waals surface area contributed by atoms with Gasteiger partial charge < -0.3 is 9.47 Å². The highest BCUT2D eigenvalue weighted by Crippen LogP contribution is 2.52. The minimum atomic E-state index is -0.0816. The molecule has 5 heteroatoms. The molecule has 25 heavy (non-hydrogen) atoms. The third kappa shape index (κ3) is 3.82. The molecule has 140 valence electrons. The lowest BCUT2D eigenvalue weighted by atomic mass is 9.85. The summed E-state index contributed by atoms with van der Waals surface area (Å²) < 4.78 is 11.2. The first kappa shape index (κ1) is 18.6. The van der Waals surface area contributed by atoms with Crippen molar-refractivity contribution in [1.29, 1.82) is 0 Å². The Hall–Kier alpha value is -1.20. The van der Waals surface area contributed by atoms with E-state index in [0.29, 0.717) is 50.5 Å². The third-order valence-electron chi connectivity index (χ3n) is 6.11. The minimum Gasteiger partial charge on any atom is -0.379 e. The number of carbonyl (C=O) groups excluding carboxylic acids is 2. The molecule has 2 unspecified atom stereocenters. The fourth-order valence-corrected chi connectivity index (χ4v) is 4.50. The van der Waals surface area contributed by atoms with E-state index in [-0.39, 0.29) is 23.7 Å². The van der Waals surface area contributed by atoms with E-state index >= 15 is 0 Å². The monoisotopic (exact) mass is 349 g/mol. The zero-order valence-electron chi connectivity index (χ0n) is 15.5. The number of carbonyl (C=O) groups is 2. The van der Waals surface area contributed by atoms with Gasteiger partial charge in [0.15, 0.2) is 0 Å². The molecular formula is C20H31NO4. The van der Waals surface area contributed by atoms with Crippen LogP contribution in [0.3, 0.4) is 0 Å². The Bertz CT molecular complexity index is 484. The van der Waals surface area contributed by atoms with Gasteiger partial charge in [-0.25, -0.2) is 0 Å². The van der Waals surface area contributed by atoms with E-state index in [2.05, 4.69) is 26.0 Å². The van der Waals surface area contributed by atoms with Crippen molar-refractivity contribution >= 4 is 11.8 Å². The Morgan fingerprint density at radius 2 is 1.60 bits per heavy atom. The molecule has 2 aliphatic carbocycles. The van der Waals surface area contributed by atoms with Crippen LogP contribution in [-0.4, -0.2) is 49.7 Å². The maximum atomic E-state index is 12.5. The van der Waals surface area contributed by atoms with E-state index in [1.165, 1.54) is 4.90 Å². The molecule has 0 aromatic carbocycles. The standard InChI is InChI=1S/C20H31NO4/c1-3-14(4-2)13-25-11-10-24-9-5-8-21-19(22)17-15-6-7-16(12-15)18(17)20(21)23/h6-7,14-18H,3-5,8-13H2,1-2H3/t15-,16+,17?,18?. The normalized spacial score (nSPS) is 30.1. The van der Waals surface area contributed by atoms with Gasteiger partial charge in [-0.15, -0.1) is 0 Å². The first-order valence-corrected chi connectivity index (χ1v) is 9.86. The highest BCUT2D eigenvalue weighted by Gasteiger charge is 2.58.